The van der Waals surface area contributed by atoms with Gasteiger partial charge in [0.25, 0.3) is 0 Å². The second-order valence-corrected chi connectivity index (χ2v) is 1.61. The smallest absolute Gasteiger partial charge is 0.0263 e. The van der Waals surface area contributed by atoms with Gasteiger partial charge in [-0.15, -0.1) is 67.9 Å². The van der Waals surface area contributed by atoms with E-state index in [0.717, 1.165) is 0 Å². The van der Waals surface area contributed by atoms with Crippen LogP contribution in [0.15, 0.2) is 36.9 Å². The van der Waals surface area contributed by atoms with Gasteiger partial charge in [-0.3, -0.25) is 0 Å². The molecule has 0 unspecified atom stereocenters. The van der Waals surface area contributed by atoms with E-state index in [0.29, 0.717) is 0 Å². The van der Waals surface area contributed by atoms with Crippen molar-refractivity contribution in [3.05, 3.63) is 42.5 Å². The maximum Gasteiger partial charge on any atom is -0.0263 e. The molecule has 0 saturated heterocycles. The number of benzene rings is 1. The first kappa shape index (κ1) is 23.1. The van der Waals surface area contributed by atoms with Gasteiger partial charge in [0, 0.05) is 0 Å². The summed E-state index contributed by atoms with van der Waals surface area (Å²) in [4.78, 5) is 0. The first-order valence-electron chi connectivity index (χ1n) is 2.61. The van der Waals surface area contributed by atoms with Crippen LogP contribution in [0.4, 0.5) is 0 Å². The average molecular weight is 428 g/mol. The van der Waals surface area contributed by atoms with E-state index in [1.54, 1.807) is 0 Å². The molecular formula is C8H12Br4. The van der Waals surface area contributed by atoms with E-state index < -0.39 is 0 Å². The summed E-state index contributed by atoms with van der Waals surface area (Å²) in [6.45, 7) is 3.63. The van der Waals surface area contributed by atoms with Gasteiger partial charge in [0.1, 0.15) is 0 Å². The molecule has 0 bridgehead atoms. The highest BCUT2D eigenvalue weighted by Gasteiger charge is 1.75. The van der Waals surface area contributed by atoms with Crippen LogP contribution < -0.4 is 0 Å². The van der Waals surface area contributed by atoms with Gasteiger partial charge in [-0.1, -0.05) is 43.0 Å². The second-order valence-electron chi connectivity index (χ2n) is 1.61. The monoisotopic (exact) mass is 424 g/mol. The quantitative estimate of drug-likeness (QED) is 0.612. The lowest BCUT2D eigenvalue weighted by Crippen LogP contribution is -1.63. The maximum absolute atomic E-state index is 3.63. The average Bonchev–Trinajstić information content (AvgIpc) is 1.90. The van der Waals surface area contributed by atoms with Crippen molar-refractivity contribution in [2.24, 2.45) is 0 Å². The van der Waals surface area contributed by atoms with Crippen molar-refractivity contribution in [2.45, 2.75) is 0 Å². The third kappa shape index (κ3) is 8.97. The van der Waals surface area contributed by atoms with Crippen LogP contribution in [0.3, 0.4) is 0 Å². The Morgan fingerprint density at radius 3 is 1.50 bits per heavy atom. The van der Waals surface area contributed by atoms with E-state index in [1.807, 2.05) is 36.4 Å². The first-order valence-corrected chi connectivity index (χ1v) is 2.61. The Hall–Kier alpha value is 0.880. The van der Waals surface area contributed by atoms with Crippen molar-refractivity contribution >= 4 is 74.0 Å². The Morgan fingerprint density at radius 2 is 1.25 bits per heavy atom. The molecule has 0 spiro atoms. The number of halogens is 4. The highest BCUT2D eigenvalue weighted by molar-refractivity contribution is 8.93. The molecule has 1 aromatic rings. The van der Waals surface area contributed by atoms with E-state index in [1.165, 1.54) is 5.56 Å². The minimum Gasteiger partial charge on any atom is -0.114 e. The van der Waals surface area contributed by atoms with E-state index in [4.69, 9.17) is 0 Å². The summed E-state index contributed by atoms with van der Waals surface area (Å²) in [6, 6.07) is 10.0. The maximum atomic E-state index is 3.63. The molecule has 0 aliphatic carbocycles. The van der Waals surface area contributed by atoms with Crippen LogP contribution in [0.2, 0.25) is 0 Å². The lowest BCUT2D eigenvalue weighted by Gasteiger charge is -1.85. The molecule has 0 nitrogen and oxygen atoms in total. The molecule has 12 heavy (non-hydrogen) atoms. The molecule has 0 atom stereocenters. The van der Waals surface area contributed by atoms with Crippen molar-refractivity contribution in [1.82, 2.24) is 0 Å². The largest absolute Gasteiger partial charge is 0.114 e. The number of rotatable bonds is 1. The molecule has 0 aromatic heterocycles. The van der Waals surface area contributed by atoms with Gasteiger partial charge in [-0.25, -0.2) is 0 Å². The van der Waals surface area contributed by atoms with Crippen molar-refractivity contribution in [2.75, 3.05) is 0 Å². The molecular weight excluding hydrogens is 416 g/mol. The summed E-state index contributed by atoms with van der Waals surface area (Å²) >= 11 is 0. The summed E-state index contributed by atoms with van der Waals surface area (Å²) in [7, 11) is 0. The second kappa shape index (κ2) is 14.4. The highest BCUT2D eigenvalue weighted by atomic mass is 79.9. The van der Waals surface area contributed by atoms with Crippen molar-refractivity contribution in [3.63, 3.8) is 0 Å². The van der Waals surface area contributed by atoms with Crippen molar-refractivity contribution < 1.29 is 0 Å². The zero-order chi connectivity index (χ0) is 5.82. The van der Waals surface area contributed by atoms with Gasteiger partial charge >= 0.3 is 0 Å². The van der Waals surface area contributed by atoms with Gasteiger partial charge in [0.15, 0.2) is 0 Å². The molecule has 0 fully saturated rings. The van der Waals surface area contributed by atoms with Crippen LogP contribution >= 0.6 is 67.9 Å². The molecule has 0 heterocycles. The fraction of sp³-hybridized carbons (Fsp3) is 0. The Morgan fingerprint density at radius 1 is 0.833 bits per heavy atom. The predicted molar refractivity (Wildman–Crippen MR) is 77.8 cm³/mol. The highest BCUT2D eigenvalue weighted by Crippen LogP contribution is 1.97. The molecule has 0 amide bonds. The zero-order valence-electron chi connectivity index (χ0n) is 6.30. The van der Waals surface area contributed by atoms with E-state index in [9.17, 15) is 0 Å². The van der Waals surface area contributed by atoms with Crippen LogP contribution in [0.1, 0.15) is 5.56 Å². The van der Waals surface area contributed by atoms with E-state index >= 15 is 0 Å². The Balaban J connectivity index is -0.0000000800. The Bertz CT molecular complexity index is 174. The molecule has 72 valence electrons. The van der Waals surface area contributed by atoms with Gasteiger partial charge in [-0.2, -0.15) is 0 Å². The molecule has 0 saturated carbocycles. The lowest BCUT2D eigenvalue weighted by atomic mass is 10.2. The van der Waals surface area contributed by atoms with Crippen LogP contribution in [-0.2, 0) is 0 Å². The minimum atomic E-state index is 0. The molecule has 1 rings (SSSR count). The van der Waals surface area contributed by atoms with Crippen LogP contribution in [0.5, 0.6) is 0 Å². The van der Waals surface area contributed by atoms with E-state index in [-0.39, 0.29) is 67.9 Å². The minimum absolute atomic E-state index is 0. The standard InChI is InChI=1S/C8H8.4BrH/c1-2-8-6-4-3-5-7-8;;;;/h2-7H,1H2;4*1H. The Labute approximate surface area is 116 Å². The number of hydrogen-bond acceptors (Lipinski definition) is 0. The zero-order valence-corrected chi connectivity index (χ0v) is 13.2. The normalized spacial score (nSPS) is 5.67. The van der Waals surface area contributed by atoms with E-state index in [2.05, 4.69) is 6.58 Å². The molecule has 0 N–H and O–H groups in total. The summed E-state index contributed by atoms with van der Waals surface area (Å²) in [5.41, 5.74) is 1.17. The third-order valence-electron chi connectivity index (χ3n) is 1.04. The van der Waals surface area contributed by atoms with Gasteiger partial charge < -0.3 is 0 Å². The van der Waals surface area contributed by atoms with Crippen molar-refractivity contribution in [3.8, 4) is 0 Å². The summed E-state index contributed by atoms with van der Waals surface area (Å²) in [6.07, 6.45) is 1.83. The van der Waals surface area contributed by atoms with Crippen molar-refractivity contribution in [1.29, 1.82) is 0 Å². The third-order valence-corrected chi connectivity index (χ3v) is 1.04. The fourth-order valence-corrected chi connectivity index (χ4v) is 0.589. The van der Waals surface area contributed by atoms with Gasteiger partial charge in [-0.05, 0) is 5.56 Å². The molecule has 0 aliphatic heterocycles. The first-order chi connectivity index (χ1) is 3.93. The van der Waals surface area contributed by atoms with Crippen LogP contribution in [0.25, 0.3) is 6.08 Å². The number of hydrogen-bond donors (Lipinski definition) is 0. The van der Waals surface area contributed by atoms with Crippen LogP contribution in [-0.4, -0.2) is 0 Å². The summed E-state index contributed by atoms with van der Waals surface area (Å²) in [5, 5.41) is 0. The lowest BCUT2D eigenvalue weighted by molar-refractivity contribution is 1.67. The van der Waals surface area contributed by atoms with Gasteiger partial charge in [0.2, 0.25) is 0 Å². The van der Waals surface area contributed by atoms with Crippen LogP contribution in [0, 0.1) is 0 Å². The molecule has 1 aromatic carbocycles. The molecule has 0 radical (unpaired) electrons. The topological polar surface area (TPSA) is 0 Å². The summed E-state index contributed by atoms with van der Waals surface area (Å²) in [5.74, 6) is 0. The SMILES string of the molecule is Br.Br.Br.Br.C=Cc1ccccc1. The predicted octanol–water partition coefficient (Wildman–Crippen LogP) is 4.64. The fourth-order valence-electron chi connectivity index (χ4n) is 0.589. The molecule has 0 aliphatic rings. The molecule has 4 heteroatoms. The summed E-state index contributed by atoms with van der Waals surface area (Å²) < 4.78 is 0. The Kier molecular flexibility index (Phi) is 27.7. The van der Waals surface area contributed by atoms with Gasteiger partial charge in [0.05, 0.1) is 0 Å².